The van der Waals surface area contributed by atoms with Gasteiger partial charge in [0.25, 0.3) is 11.8 Å². The minimum atomic E-state index is -0.423. The van der Waals surface area contributed by atoms with Crippen LogP contribution in [0.4, 0.5) is 0 Å². The van der Waals surface area contributed by atoms with Crippen molar-refractivity contribution in [1.82, 2.24) is 10.4 Å². The van der Waals surface area contributed by atoms with E-state index < -0.39 is 5.91 Å². The largest absolute Gasteiger partial charge is 0.497 e. The van der Waals surface area contributed by atoms with Crippen LogP contribution in [0.3, 0.4) is 0 Å². The minimum absolute atomic E-state index is 0.276. The van der Waals surface area contributed by atoms with E-state index in [1.54, 1.807) is 37.5 Å². The van der Waals surface area contributed by atoms with Crippen LogP contribution in [0.15, 0.2) is 57.9 Å². The number of carbonyl (C=O) groups excluding carboxylic acids is 2. The Balaban J connectivity index is 1.75. The van der Waals surface area contributed by atoms with Crippen LogP contribution >= 0.6 is 39.9 Å². The van der Waals surface area contributed by atoms with E-state index in [4.69, 9.17) is 17.0 Å². The Hall–Kier alpha value is -2.16. The Morgan fingerprint density at radius 2 is 2.00 bits per heavy atom. The number of benzene rings is 2. The number of thiocarbonyl (C=S) groups is 1. The van der Waals surface area contributed by atoms with Gasteiger partial charge in [-0.3, -0.25) is 15.0 Å². The van der Waals surface area contributed by atoms with Crippen LogP contribution in [0.25, 0.3) is 6.08 Å². The molecule has 0 aliphatic carbocycles. The van der Waals surface area contributed by atoms with E-state index in [9.17, 15) is 9.59 Å². The van der Waals surface area contributed by atoms with Crippen molar-refractivity contribution in [1.29, 1.82) is 0 Å². The lowest BCUT2D eigenvalue weighted by Crippen LogP contribution is -2.44. The average Bonchev–Trinajstić information content (AvgIpc) is 2.89. The first-order chi connectivity index (χ1) is 12.5. The Labute approximate surface area is 168 Å². The van der Waals surface area contributed by atoms with Gasteiger partial charge in [-0.1, -0.05) is 39.8 Å². The maximum absolute atomic E-state index is 12.6. The smallest absolute Gasteiger partial charge is 0.285 e. The van der Waals surface area contributed by atoms with Crippen LogP contribution in [0.5, 0.6) is 5.75 Å². The van der Waals surface area contributed by atoms with Gasteiger partial charge in [0.05, 0.1) is 12.0 Å². The number of carbonyl (C=O) groups is 2. The van der Waals surface area contributed by atoms with Gasteiger partial charge in [-0.25, -0.2) is 0 Å². The molecule has 2 aromatic rings. The van der Waals surface area contributed by atoms with Crippen molar-refractivity contribution in [3.63, 3.8) is 0 Å². The topological polar surface area (TPSA) is 58.6 Å². The van der Waals surface area contributed by atoms with Crippen molar-refractivity contribution < 1.29 is 14.3 Å². The molecule has 0 atom stereocenters. The van der Waals surface area contributed by atoms with Crippen LogP contribution in [-0.2, 0) is 4.79 Å². The summed E-state index contributed by atoms with van der Waals surface area (Å²) < 4.78 is 6.25. The highest BCUT2D eigenvalue weighted by molar-refractivity contribution is 9.10. The Bertz CT molecular complexity index is 913. The summed E-state index contributed by atoms with van der Waals surface area (Å²) in [6, 6.07) is 14.1. The van der Waals surface area contributed by atoms with Gasteiger partial charge in [-0.2, -0.15) is 5.01 Å². The number of methoxy groups -OCH3 is 1. The van der Waals surface area contributed by atoms with E-state index in [1.165, 1.54) is 0 Å². The zero-order valence-electron chi connectivity index (χ0n) is 13.6. The number of hydrogen-bond donors (Lipinski definition) is 1. The molecule has 5 nitrogen and oxygen atoms in total. The molecule has 1 saturated heterocycles. The van der Waals surface area contributed by atoms with Crippen LogP contribution in [-0.4, -0.2) is 28.3 Å². The van der Waals surface area contributed by atoms with Crippen molar-refractivity contribution in [2.45, 2.75) is 0 Å². The van der Waals surface area contributed by atoms with Gasteiger partial charge >= 0.3 is 0 Å². The Kier molecular flexibility index (Phi) is 5.75. The van der Waals surface area contributed by atoms with E-state index in [0.717, 1.165) is 26.8 Å². The molecule has 1 heterocycles. The second kappa shape index (κ2) is 8.03. The summed E-state index contributed by atoms with van der Waals surface area (Å²) in [5.74, 6) is -0.140. The molecule has 1 fully saturated rings. The number of rotatable bonds is 4. The predicted molar refractivity (Wildman–Crippen MR) is 110 cm³/mol. The maximum atomic E-state index is 12.6. The zero-order valence-corrected chi connectivity index (χ0v) is 16.8. The number of nitrogens with one attached hydrogen (secondary N) is 1. The molecule has 26 heavy (non-hydrogen) atoms. The number of hydrazine groups is 1. The summed E-state index contributed by atoms with van der Waals surface area (Å²) in [7, 11) is 1.55. The molecule has 0 radical (unpaired) electrons. The van der Waals surface area contributed by atoms with E-state index in [1.807, 2.05) is 24.3 Å². The number of thioether (sulfide) groups is 1. The van der Waals surface area contributed by atoms with Gasteiger partial charge in [0.15, 0.2) is 4.32 Å². The van der Waals surface area contributed by atoms with Crippen molar-refractivity contribution >= 4 is 62.1 Å². The molecule has 1 N–H and O–H groups in total. The minimum Gasteiger partial charge on any atom is -0.497 e. The monoisotopic (exact) mass is 448 g/mol. The fourth-order valence-corrected chi connectivity index (χ4v) is 3.82. The van der Waals surface area contributed by atoms with Gasteiger partial charge in [0.1, 0.15) is 5.75 Å². The molecular formula is C18H13BrN2O3S2. The van der Waals surface area contributed by atoms with Gasteiger partial charge in [-0.05, 0) is 60.3 Å². The number of ether oxygens (including phenoxy) is 1. The molecule has 132 valence electrons. The molecule has 8 heteroatoms. The third kappa shape index (κ3) is 4.14. The zero-order chi connectivity index (χ0) is 18.7. The van der Waals surface area contributed by atoms with E-state index >= 15 is 0 Å². The van der Waals surface area contributed by atoms with Crippen LogP contribution in [0.1, 0.15) is 15.9 Å². The molecule has 3 rings (SSSR count). The first kappa shape index (κ1) is 18.6. The molecule has 0 bridgehead atoms. The fourth-order valence-electron chi connectivity index (χ4n) is 2.22. The summed E-state index contributed by atoms with van der Waals surface area (Å²) in [6.07, 6.45) is 1.74. The van der Waals surface area contributed by atoms with Crippen molar-refractivity contribution in [3.8, 4) is 5.75 Å². The lowest BCUT2D eigenvalue weighted by atomic mass is 10.2. The summed E-state index contributed by atoms with van der Waals surface area (Å²) in [4.78, 5) is 25.4. The summed E-state index contributed by atoms with van der Waals surface area (Å²) in [6.45, 7) is 0. The number of amides is 2. The quantitative estimate of drug-likeness (QED) is 0.565. The van der Waals surface area contributed by atoms with E-state index in [2.05, 4.69) is 21.4 Å². The Morgan fingerprint density at radius 3 is 2.65 bits per heavy atom. The SMILES string of the molecule is COc1ccc(C(=O)NN2C(=O)/C(=C\c3cccc(Br)c3)SC2=S)cc1. The van der Waals surface area contributed by atoms with Gasteiger partial charge in [0, 0.05) is 10.0 Å². The fraction of sp³-hybridized carbons (Fsp3) is 0.0556. The third-order valence-electron chi connectivity index (χ3n) is 3.51. The second-order valence-electron chi connectivity index (χ2n) is 5.24. The second-order valence-corrected chi connectivity index (χ2v) is 7.83. The average molecular weight is 449 g/mol. The lowest BCUT2D eigenvalue weighted by Gasteiger charge is -2.15. The van der Waals surface area contributed by atoms with Crippen LogP contribution in [0.2, 0.25) is 0 Å². The lowest BCUT2D eigenvalue weighted by molar-refractivity contribution is -0.123. The van der Waals surface area contributed by atoms with Gasteiger partial charge in [-0.15, -0.1) is 0 Å². The molecule has 2 aromatic carbocycles. The van der Waals surface area contributed by atoms with Crippen molar-refractivity contribution in [2.24, 2.45) is 0 Å². The number of hydrogen-bond acceptors (Lipinski definition) is 5. The van der Waals surface area contributed by atoms with Crippen molar-refractivity contribution in [3.05, 3.63) is 69.0 Å². The summed E-state index contributed by atoms with van der Waals surface area (Å²) in [5.41, 5.74) is 3.81. The number of nitrogens with zero attached hydrogens (tertiary/aromatic N) is 1. The third-order valence-corrected chi connectivity index (χ3v) is 5.30. The van der Waals surface area contributed by atoms with Crippen LogP contribution in [0, 0.1) is 0 Å². The van der Waals surface area contributed by atoms with Crippen molar-refractivity contribution in [2.75, 3.05) is 7.11 Å². The predicted octanol–water partition coefficient (Wildman–Crippen LogP) is 4.00. The standard InChI is InChI=1S/C18H13BrN2O3S2/c1-24-14-7-5-12(6-8-14)16(22)20-21-17(23)15(26-18(21)25)10-11-3-2-4-13(19)9-11/h2-10H,1H3,(H,20,22)/b15-10+. The first-order valence-corrected chi connectivity index (χ1v) is 9.48. The van der Waals surface area contributed by atoms with E-state index in [-0.39, 0.29) is 10.2 Å². The van der Waals surface area contributed by atoms with Crippen LogP contribution < -0.4 is 10.2 Å². The molecule has 0 aromatic heterocycles. The first-order valence-electron chi connectivity index (χ1n) is 7.46. The highest BCUT2D eigenvalue weighted by atomic mass is 79.9. The molecule has 2 amide bonds. The van der Waals surface area contributed by atoms with Gasteiger partial charge in [0.2, 0.25) is 0 Å². The highest BCUT2D eigenvalue weighted by Gasteiger charge is 2.33. The molecule has 0 saturated carbocycles. The maximum Gasteiger partial charge on any atom is 0.285 e. The molecule has 1 aliphatic heterocycles. The molecule has 0 unspecified atom stereocenters. The number of halogens is 1. The summed E-state index contributed by atoms with van der Waals surface area (Å²) in [5, 5.41) is 1.09. The molecular weight excluding hydrogens is 436 g/mol. The highest BCUT2D eigenvalue weighted by Crippen LogP contribution is 2.31. The summed E-state index contributed by atoms with van der Waals surface area (Å²) >= 11 is 9.77. The van der Waals surface area contributed by atoms with E-state index in [0.29, 0.717) is 16.2 Å². The van der Waals surface area contributed by atoms with Gasteiger partial charge < -0.3 is 4.74 Å². The molecule has 1 aliphatic rings. The normalized spacial score (nSPS) is 15.5. The molecule has 0 spiro atoms. The Morgan fingerprint density at radius 1 is 1.27 bits per heavy atom.